The van der Waals surface area contributed by atoms with Crippen LogP contribution < -0.4 is 4.90 Å². The summed E-state index contributed by atoms with van der Waals surface area (Å²) in [5.41, 5.74) is 3.56. The van der Waals surface area contributed by atoms with Crippen LogP contribution in [0.3, 0.4) is 0 Å². The van der Waals surface area contributed by atoms with Gasteiger partial charge in [-0.25, -0.2) is 0 Å². The maximum atomic E-state index is 4.61. The second-order valence-electron chi connectivity index (χ2n) is 4.75. The number of hydrogen-bond donors (Lipinski definition) is 0. The molecular weight excluding hydrogens is 264 g/mol. The molecule has 0 amide bonds. The molecular formula is C17H18N2S. The molecule has 0 saturated carbocycles. The highest BCUT2D eigenvalue weighted by Crippen LogP contribution is 2.31. The average molecular weight is 282 g/mol. The van der Waals surface area contributed by atoms with Crippen LogP contribution in [0.5, 0.6) is 0 Å². The Morgan fingerprint density at radius 2 is 1.65 bits per heavy atom. The fourth-order valence-corrected chi connectivity index (χ4v) is 3.31. The fraction of sp³-hybridized carbons (Fsp3) is 0.235. The summed E-state index contributed by atoms with van der Waals surface area (Å²) in [4.78, 5) is 2.35. The molecule has 0 aliphatic carbocycles. The van der Waals surface area contributed by atoms with Crippen LogP contribution in [-0.2, 0) is 0 Å². The van der Waals surface area contributed by atoms with Crippen molar-refractivity contribution in [2.24, 2.45) is 0 Å². The van der Waals surface area contributed by atoms with Crippen molar-refractivity contribution in [3.63, 3.8) is 0 Å². The molecule has 20 heavy (non-hydrogen) atoms. The van der Waals surface area contributed by atoms with Gasteiger partial charge in [-0.1, -0.05) is 30.3 Å². The van der Waals surface area contributed by atoms with Gasteiger partial charge in [0.05, 0.1) is 10.4 Å². The molecule has 0 fully saturated rings. The second-order valence-corrected chi connectivity index (χ2v) is 5.55. The lowest BCUT2D eigenvalue weighted by molar-refractivity contribution is 0.866. The Morgan fingerprint density at radius 1 is 0.950 bits per heavy atom. The minimum absolute atomic E-state index is 1.04. The largest absolute Gasteiger partial charge is 0.372 e. The number of aromatic nitrogens is 1. The number of nitrogens with zero attached hydrogens (tertiary/aromatic N) is 2. The van der Waals surface area contributed by atoms with E-state index < -0.39 is 0 Å². The second kappa shape index (κ2) is 5.63. The van der Waals surface area contributed by atoms with Gasteiger partial charge in [0, 0.05) is 29.7 Å². The number of benzene rings is 2. The van der Waals surface area contributed by atoms with Crippen LogP contribution in [0.2, 0.25) is 0 Å². The first kappa shape index (κ1) is 13.1. The number of rotatable bonds is 4. The Balaban J connectivity index is 1.99. The Bertz CT molecular complexity index is 696. The van der Waals surface area contributed by atoms with E-state index in [9.17, 15) is 0 Å². The molecule has 0 aliphatic rings. The van der Waals surface area contributed by atoms with Gasteiger partial charge in [0.2, 0.25) is 0 Å². The lowest BCUT2D eigenvalue weighted by Crippen LogP contribution is -2.21. The molecule has 0 saturated heterocycles. The number of fused-ring (bicyclic) bond motifs is 1. The van der Waals surface area contributed by atoms with E-state index in [0.29, 0.717) is 0 Å². The van der Waals surface area contributed by atoms with Crippen molar-refractivity contribution in [1.29, 1.82) is 0 Å². The van der Waals surface area contributed by atoms with Crippen LogP contribution in [0.15, 0.2) is 48.5 Å². The standard InChI is InChI=1S/C17H18N2S/c1-3-19(4-2)14-11-9-13(10-12-14)17-15-7-5-6-8-16(15)20-18-17/h5-12H,3-4H2,1-2H3. The molecule has 0 aliphatic heterocycles. The molecule has 3 rings (SSSR count). The van der Waals surface area contributed by atoms with E-state index in [-0.39, 0.29) is 0 Å². The average Bonchev–Trinajstić information content (AvgIpc) is 2.93. The number of hydrogen-bond acceptors (Lipinski definition) is 3. The summed E-state index contributed by atoms with van der Waals surface area (Å²) in [5, 5.41) is 1.24. The van der Waals surface area contributed by atoms with Crippen LogP contribution >= 0.6 is 11.5 Å². The first-order valence-corrected chi connectivity index (χ1v) is 7.80. The zero-order valence-corrected chi connectivity index (χ0v) is 12.7. The highest BCUT2D eigenvalue weighted by atomic mass is 32.1. The van der Waals surface area contributed by atoms with Crippen LogP contribution in [-0.4, -0.2) is 17.5 Å². The molecule has 0 N–H and O–H groups in total. The molecule has 1 heterocycles. The van der Waals surface area contributed by atoms with Crippen molar-refractivity contribution in [1.82, 2.24) is 4.37 Å². The SMILES string of the molecule is CCN(CC)c1ccc(-c2nsc3ccccc23)cc1. The van der Waals surface area contributed by atoms with Crippen LogP contribution in [0.1, 0.15) is 13.8 Å². The van der Waals surface area contributed by atoms with Crippen LogP contribution in [0, 0.1) is 0 Å². The smallest absolute Gasteiger partial charge is 0.0919 e. The molecule has 0 atom stereocenters. The van der Waals surface area contributed by atoms with E-state index in [4.69, 9.17) is 0 Å². The lowest BCUT2D eigenvalue weighted by Gasteiger charge is -2.21. The van der Waals surface area contributed by atoms with Gasteiger partial charge in [0.1, 0.15) is 0 Å². The Labute approximate surface area is 123 Å². The molecule has 0 bridgehead atoms. The normalized spacial score (nSPS) is 10.9. The first-order valence-electron chi connectivity index (χ1n) is 7.03. The molecule has 2 aromatic carbocycles. The number of anilines is 1. The highest BCUT2D eigenvalue weighted by Gasteiger charge is 2.08. The third-order valence-electron chi connectivity index (χ3n) is 3.65. The zero-order chi connectivity index (χ0) is 13.9. The van der Waals surface area contributed by atoms with Gasteiger partial charge in [-0.05, 0) is 43.6 Å². The highest BCUT2D eigenvalue weighted by molar-refractivity contribution is 7.13. The Kier molecular flexibility index (Phi) is 3.70. The van der Waals surface area contributed by atoms with Crippen LogP contribution in [0.4, 0.5) is 5.69 Å². The van der Waals surface area contributed by atoms with Crippen molar-refractivity contribution in [3.8, 4) is 11.3 Å². The summed E-state index contributed by atoms with van der Waals surface area (Å²) in [6, 6.07) is 17.1. The molecule has 2 nitrogen and oxygen atoms in total. The molecule has 1 aromatic heterocycles. The van der Waals surface area contributed by atoms with E-state index in [1.54, 1.807) is 11.5 Å². The summed E-state index contributed by atoms with van der Waals surface area (Å²) < 4.78 is 5.85. The van der Waals surface area contributed by atoms with Crippen molar-refractivity contribution in [2.75, 3.05) is 18.0 Å². The maximum absolute atomic E-state index is 4.61. The molecule has 3 heteroatoms. The predicted molar refractivity (Wildman–Crippen MR) is 88.6 cm³/mol. The van der Waals surface area contributed by atoms with Crippen molar-refractivity contribution < 1.29 is 0 Å². The first-order chi connectivity index (χ1) is 9.83. The topological polar surface area (TPSA) is 16.1 Å². The third-order valence-corrected chi connectivity index (χ3v) is 4.47. The van der Waals surface area contributed by atoms with E-state index in [0.717, 1.165) is 18.8 Å². The van der Waals surface area contributed by atoms with E-state index in [1.165, 1.54) is 21.3 Å². The minimum Gasteiger partial charge on any atom is -0.372 e. The fourth-order valence-electron chi connectivity index (χ4n) is 2.51. The van der Waals surface area contributed by atoms with Gasteiger partial charge >= 0.3 is 0 Å². The van der Waals surface area contributed by atoms with Gasteiger partial charge in [0.15, 0.2) is 0 Å². The van der Waals surface area contributed by atoms with Gasteiger partial charge in [-0.2, -0.15) is 4.37 Å². The third kappa shape index (κ3) is 2.29. The van der Waals surface area contributed by atoms with Gasteiger partial charge in [-0.3, -0.25) is 0 Å². The quantitative estimate of drug-likeness (QED) is 0.682. The van der Waals surface area contributed by atoms with Crippen LogP contribution in [0.25, 0.3) is 21.3 Å². The summed E-state index contributed by atoms with van der Waals surface area (Å²) in [7, 11) is 0. The van der Waals surface area contributed by atoms with E-state index in [2.05, 4.69) is 71.7 Å². The molecule has 0 radical (unpaired) electrons. The summed E-state index contributed by atoms with van der Waals surface area (Å²) >= 11 is 1.57. The Morgan fingerprint density at radius 3 is 2.35 bits per heavy atom. The lowest BCUT2D eigenvalue weighted by atomic mass is 10.1. The van der Waals surface area contributed by atoms with E-state index in [1.807, 2.05) is 0 Å². The maximum Gasteiger partial charge on any atom is 0.0919 e. The van der Waals surface area contributed by atoms with Gasteiger partial charge < -0.3 is 4.90 Å². The van der Waals surface area contributed by atoms with Crippen molar-refractivity contribution >= 4 is 27.3 Å². The summed E-state index contributed by atoms with van der Waals surface area (Å²) in [5.74, 6) is 0. The predicted octanol–water partition coefficient (Wildman–Crippen LogP) is 4.81. The summed E-state index contributed by atoms with van der Waals surface area (Å²) in [6.07, 6.45) is 0. The van der Waals surface area contributed by atoms with Crippen molar-refractivity contribution in [3.05, 3.63) is 48.5 Å². The minimum atomic E-state index is 1.04. The van der Waals surface area contributed by atoms with E-state index >= 15 is 0 Å². The zero-order valence-electron chi connectivity index (χ0n) is 11.8. The van der Waals surface area contributed by atoms with Crippen molar-refractivity contribution in [2.45, 2.75) is 13.8 Å². The Hall–Kier alpha value is -1.87. The molecule has 102 valence electrons. The molecule has 3 aromatic rings. The summed E-state index contributed by atoms with van der Waals surface area (Å²) in [6.45, 7) is 6.45. The monoisotopic (exact) mass is 282 g/mol. The van der Waals surface area contributed by atoms with Gasteiger partial charge in [-0.15, -0.1) is 0 Å². The molecule has 0 unspecified atom stereocenters. The van der Waals surface area contributed by atoms with Gasteiger partial charge in [0.25, 0.3) is 0 Å². The molecule has 0 spiro atoms.